The van der Waals surface area contributed by atoms with Gasteiger partial charge in [-0.25, -0.2) is 0 Å². The van der Waals surface area contributed by atoms with Crippen LogP contribution in [0.3, 0.4) is 0 Å². The van der Waals surface area contributed by atoms with E-state index in [0.29, 0.717) is 6.04 Å². The van der Waals surface area contributed by atoms with Gasteiger partial charge < -0.3 is 10.2 Å². The van der Waals surface area contributed by atoms with Gasteiger partial charge in [0.2, 0.25) is 0 Å². The Balaban J connectivity index is 3.19. The fourth-order valence-corrected chi connectivity index (χ4v) is 2.38. The van der Waals surface area contributed by atoms with Gasteiger partial charge in [-0.05, 0) is 45.9 Å². The van der Waals surface area contributed by atoms with Gasteiger partial charge >= 0.3 is 0 Å². The average Bonchev–Trinajstić information content (AvgIpc) is 2.35. The minimum absolute atomic E-state index is 0.0796. The van der Waals surface area contributed by atoms with Gasteiger partial charge in [-0.3, -0.25) is 0 Å². The van der Waals surface area contributed by atoms with Crippen LogP contribution in [0.25, 0.3) is 0 Å². The zero-order valence-electron chi connectivity index (χ0n) is 13.0. The molecular weight excluding hydrogens is 232 g/mol. The number of benzene rings is 1. The lowest BCUT2D eigenvalue weighted by Crippen LogP contribution is -2.42. The second kappa shape index (κ2) is 6.76. The van der Waals surface area contributed by atoms with E-state index in [1.807, 2.05) is 6.08 Å². The van der Waals surface area contributed by atoms with Crippen LogP contribution in [0.15, 0.2) is 36.9 Å². The molecule has 2 heteroatoms. The second-order valence-electron chi connectivity index (χ2n) is 5.91. The maximum absolute atomic E-state index is 3.89. The Kier molecular flexibility index (Phi) is 5.61. The number of anilines is 1. The van der Waals surface area contributed by atoms with Crippen molar-refractivity contribution in [3.05, 3.63) is 42.5 Å². The molecule has 1 unspecified atom stereocenters. The Morgan fingerprint density at radius 1 is 1.32 bits per heavy atom. The van der Waals surface area contributed by atoms with Crippen molar-refractivity contribution in [1.82, 2.24) is 5.32 Å². The molecule has 0 amide bonds. The Labute approximate surface area is 118 Å². The highest BCUT2D eigenvalue weighted by atomic mass is 15.2. The van der Waals surface area contributed by atoms with Crippen LogP contribution in [-0.2, 0) is 0 Å². The van der Waals surface area contributed by atoms with Crippen molar-refractivity contribution in [3.8, 4) is 0 Å². The summed E-state index contributed by atoms with van der Waals surface area (Å²) in [6.07, 6.45) is 1.97. The zero-order valence-corrected chi connectivity index (χ0v) is 13.0. The van der Waals surface area contributed by atoms with Crippen LogP contribution in [0, 0.1) is 0 Å². The number of hydrogen-bond acceptors (Lipinski definition) is 2. The first-order chi connectivity index (χ1) is 8.91. The van der Waals surface area contributed by atoms with Gasteiger partial charge in [0.25, 0.3) is 0 Å². The molecule has 19 heavy (non-hydrogen) atoms. The summed E-state index contributed by atoms with van der Waals surface area (Å²) in [4.78, 5) is 2.41. The molecule has 0 heterocycles. The molecule has 1 atom stereocenters. The fourth-order valence-electron chi connectivity index (χ4n) is 2.38. The maximum atomic E-state index is 3.89. The zero-order chi connectivity index (χ0) is 14.5. The topological polar surface area (TPSA) is 15.3 Å². The van der Waals surface area contributed by atoms with E-state index in [-0.39, 0.29) is 5.54 Å². The van der Waals surface area contributed by atoms with Crippen LogP contribution < -0.4 is 10.2 Å². The van der Waals surface area contributed by atoms with Crippen molar-refractivity contribution < 1.29 is 0 Å². The number of rotatable bonds is 6. The molecule has 0 fully saturated rings. The molecule has 1 N–H and O–H groups in total. The highest BCUT2D eigenvalue weighted by molar-refractivity contribution is 5.57. The van der Waals surface area contributed by atoms with Crippen LogP contribution in [-0.4, -0.2) is 18.6 Å². The molecule has 0 radical (unpaired) electrons. The SMILES string of the molecule is C=CCN(c1ccccc1C(C)NCC)C(C)(C)C. The van der Waals surface area contributed by atoms with E-state index in [4.69, 9.17) is 0 Å². The Morgan fingerprint density at radius 2 is 1.95 bits per heavy atom. The first-order valence-corrected chi connectivity index (χ1v) is 7.12. The van der Waals surface area contributed by atoms with Gasteiger partial charge in [-0.1, -0.05) is 31.2 Å². The lowest BCUT2D eigenvalue weighted by molar-refractivity contribution is 0.515. The van der Waals surface area contributed by atoms with Gasteiger partial charge in [0, 0.05) is 23.8 Å². The third-order valence-electron chi connectivity index (χ3n) is 3.33. The number of nitrogens with one attached hydrogen (secondary N) is 1. The van der Waals surface area contributed by atoms with E-state index in [0.717, 1.165) is 13.1 Å². The summed E-state index contributed by atoms with van der Waals surface area (Å²) >= 11 is 0. The summed E-state index contributed by atoms with van der Waals surface area (Å²) in [5, 5.41) is 3.50. The molecule has 0 aliphatic rings. The molecule has 1 aromatic rings. The maximum Gasteiger partial charge on any atom is 0.0421 e. The Hall–Kier alpha value is -1.28. The molecule has 1 rings (SSSR count). The number of nitrogens with zero attached hydrogens (tertiary/aromatic N) is 1. The van der Waals surface area contributed by atoms with Gasteiger partial charge in [0.05, 0.1) is 0 Å². The van der Waals surface area contributed by atoms with Crippen molar-refractivity contribution in [1.29, 1.82) is 0 Å². The first-order valence-electron chi connectivity index (χ1n) is 7.12. The van der Waals surface area contributed by atoms with Crippen LogP contribution in [0.4, 0.5) is 5.69 Å². The van der Waals surface area contributed by atoms with E-state index >= 15 is 0 Å². The molecule has 0 aliphatic heterocycles. The molecule has 0 aromatic heterocycles. The second-order valence-corrected chi connectivity index (χ2v) is 5.91. The third-order valence-corrected chi connectivity index (χ3v) is 3.33. The number of para-hydroxylation sites is 1. The highest BCUT2D eigenvalue weighted by Gasteiger charge is 2.23. The van der Waals surface area contributed by atoms with E-state index in [1.165, 1.54) is 11.3 Å². The van der Waals surface area contributed by atoms with Gasteiger partial charge in [0.15, 0.2) is 0 Å². The summed E-state index contributed by atoms with van der Waals surface area (Å²) in [6, 6.07) is 9.00. The van der Waals surface area contributed by atoms with E-state index in [1.54, 1.807) is 0 Å². The molecule has 0 saturated carbocycles. The van der Waals surface area contributed by atoms with Gasteiger partial charge in [-0.2, -0.15) is 0 Å². The van der Waals surface area contributed by atoms with Crippen molar-refractivity contribution in [2.24, 2.45) is 0 Å². The summed E-state index contributed by atoms with van der Waals surface area (Å²) < 4.78 is 0. The molecule has 106 valence electrons. The quantitative estimate of drug-likeness (QED) is 0.773. The molecule has 0 aliphatic carbocycles. The third kappa shape index (κ3) is 4.10. The van der Waals surface area contributed by atoms with Crippen LogP contribution in [0.1, 0.15) is 46.2 Å². The first kappa shape index (κ1) is 15.8. The van der Waals surface area contributed by atoms with Crippen LogP contribution in [0.5, 0.6) is 0 Å². The summed E-state index contributed by atoms with van der Waals surface area (Å²) in [6.45, 7) is 16.8. The van der Waals surface area contributed by atoms with Gasteiger partial charge in [0.1, 0.15) is 0 Å². The smallest absolute Gasteiger partial charge is 0.0421 e. The minimum Gasteiger partial charge on any atom is -0.363 e. The normalized spacial score (nSPS) is 13.1. The lowest BCUT2D eigenvalue weighted by atomic mass is 9.99. The number of hydrogen-bond donors (Lipinski definition) is 1. The standard InChI is InChI=1S/C17H28N2/c1-7-13-19(17(4,5)6)16-12-10-9-11-15(16)14(3)18-8-2/h7,9-12,14,18H,1,8,13H2,2-6H3. The summed E-state index contributed by atoms with van der Waals surface area (Å²) in [7, 11) is 0. The Bertz CT molecular complexity index is 404. The lowest BCUT2D eigenvalue weighted by Gasteiger charge is -2.39. The van der Waals surface area contributed by atoms with E-state index in [9.17, 15) is 0 Å². The van der Waals surface area contributed by atoms with E-state index in [2.05, 4.69) is 75.7 Å². The summed E-state index contributed by atoms with van der Waals surface area (Å²) in [5.74, 6) is 0. The van der Waals surface area contributed by atoms with Gasteiger partial charge in [-0.15, -0.1) is 6.58 Å². The molecular formula is C17H28N2. The molecule has 2 nitrogen and oxygen atoms in total. The monoisotopic (exact) mass is 260 g/mol. The van der Waals surface area contributed by atoms with E-state index < -0.39 is 0 Å². The van der Waals surface area contributed by atoms with Crippen LogP contribution >= 0.6 is 0 Å². The predicted molar refractivity (Wildman–Crippen MR) is 85.8 cm³/mol. The molecule has 0 bridgehead atoms. The minimum atomic E-state index is 0.0796. The largest absolute Gasteiger partial charge is 0.363 e. The van der Waals surface area contributed by atoms with Crippen molar-refractivity contribution in [2.75, 3.05) is 18.0 Å². The highest BCUT2D eigenvalue weighted by Crippen LogP contribution is 2.31. The van der Waals surface area contributed by atoms with Crippen LogP contribution in [0.2, 0.25) is 0 Å². The average molecular weight is 260 g/mol. The van der Waals surface area contributed by atoms with Crippen molar-refractivity contribution in [3.63, 3.8) is 0 Å². The summed E-state index contributed by atoms with van der Waals surface area (Å²) in [5.41, 5.74) is 2.72. The predicted octanol–water partition coefficient (Wildman–Crippen LogP) is 4.15. The Morgan fingerprint density at radius 3 is 2.47 bits per heavy atom. The van der Waals surface area contributed by atoms with Crippen molar-refractivity contribution in [2.45, 2.75) is 46.2 Å². The fraction of sp³-hybridized carbons (Fsp3) is 0.529. The molecule has 1 aromatic carbocycles. The molecule has 0 saturated heterocycles. The van der Waals surface area contributed by atoms with Crippen molar-refractivity contribution >= 4 is 5.69 Å². The molecule has 0 spiro atoms.